The molecule has 1 atom stereocenters. The molecule has 0 radical (unpaired) electrons. The lowest BCUT2D eigenvalue weighted by Gasteiger charge is -2.25. The third-order valence-corrected chi connectivity index (χ3v) is 5.43. The summed E-state index contributed by atoms with van der Waals surface area (Å²) < 4.78 is 51.0. The summed E-state index contributed by atoms with van der Waals surface area (Å²) in [4.78, 5) is 16.9. The van der Waals surface area contributed by atoms with Crippen LogP contribution in [-0.4, -0.2) is 33.9 Å². The van der Waals surface area contributed by atoms with Gasteiger partial charge in [-0.15, -0.1) is 0 Å². The lowest BCUT2D eigenvalue weighted by atomic mass is 9.95. The molecule has 3 heterocycles. The molecular weight excluding hydrogens is 437 g/mol. The van der Waals surface area contributed by atoms with Gasteiger partial charge in [0.05, 0.1) is 29.1 Å². The van der Waals surface area contributed by atoms with E-state index in [4.69, 9.17) is 9.47 Å². The molecule has 0 bridgehead atoms. The summed E-state index contributed by atoms with van der Waals surface area (Å²) in [5.41, 5.74) is 0.787. The van der Waals surface area contributed by atoms with Crippen LogP contribution in [0.5, 0.6) is 11.5 Å². The molecule has 2 aromatic heterocycles. The maximum atomic E-state index is 13.1. The first kappa shape index (κ1) is 22.6. The minimum atomic E-state index is -4.48. The van der Waals surface area contributed by atoms with Crippen LogP contribution >= 0.6 is 0 Å². The normalized spacial score (nSPS) is 14.3. The van der Waals surface area contributed by atoms with Crippen molar-refractivity contribution in [3.05, 3.63) is 65.1 Å². The second kappa shape index (κ2) is 8.76. The zero-order valence-electron chi connectivity index (χ0n) is 18.3. The number of benzene rings is 1. The van der Waals surface area contributed by atoms with E-state index in [1.165, 1.54) is 16.9 Å². The van der Waals surface area contributed by atoms with Crippen molar-refractivity contribution in [2.24, 2.45) is 5.92 Å². The number of hydrogen-bond donors (Lipinski definition) is 1. The van der Waals surface area contributed by atoms with Crippen LogP contribution in [-0.2, 0) is 6.18 Å². The van der Waals surface area contributed by atoms with Crippen LogP contribution in [0.2, 0.25) is 0 Å². The van der Waals surface area contributed by atoms with Gasteiger partial charge in [-0.25, -0.2) is 9.67 Å². The Balaban J connectivity index is 1.56. The first-order chi connectivity index (χ1) is 15.6. The Morgan fingerprint density at radius 1 is 1.09 bits per heavy atom. The van der Waals surface area contributed by atoms with Gasteiger partial charge in [0, 0.05) is 6.20 Å². The van der Waals surface area contributed by atoms with Crippen LogP contribution in [0.25, 0.3) is 5.82 Å². The number of carbonyl (C=O) groups excluding carboxylic acids is 1. The highest BCUT2D eigenvalue weighted by atomic mass is 19.4. The summed E-state index contributed by atoms with van der Waals surface area (Å²) in [6, 6.07) is 7.42. The number of rotatable bonds is 5. The zero-order chi connectivity index (χ0) is 23.8. The first-order valence-corrected chi connectivity index (χ1v) is 10.4. The zero-order valence-corrected chi connectivity index (χ0v) is 18.3. The van der Waals surface area contributed by atoms with Gasteiger partial charge in [0.2, 0.25) is 0 Å². The monoisotopic (exact) mass is 460 g/mol. The van der Waals surface area contributed by atoms with E-state index < -0.39 is 11.7 Å². The number of nitrogens with zero attached hydrogens (tertiary/aromatic N) is 3. The van der Waals surface area contributed by atoms with Crippen molar-refractivity contribution in [1.82, 2.24) is 20.1 Å². The standard InChI is InChI=1S/C23H23F3N4O3/c1-13(2)21(15-4-6-18-19(10-15)33-9-8-32-18)29-22(31)17-12-28-30(14(17)3)20-7-5-16(11-27-20)23(24,25)26/h4-7,10-13,21H,8-9H2,1-3H3,(H,29,31). The first-order valence-electron chi connectivity index (χ1n) is 10.4. The van der Waals surface area contributed by atoms with Crippen molar-refractivity contribution in [2.75, 3.05) is 13.2 Å². The predicted octanol–water partition coefficient (Wildman–Crippen LogP) is 4.49. The van der Waals surface area contributed by atoms with Gasteiger partial charge in [-0.05, 0) is 42.7 Å². The highest BCUT2D eigenvalue weighted by molar-refractivity contribution is 5.95. The molecule has 1 aliphatic heterocycles. The number of aromatic nitrogens is 3. The summed E-state index contributed by atoms with van der Waals surface area (Å²) in [5, 5.41) is 7.19. The van der Waals surface area contributed by atoms with E-state index in [1.54, 1.807) is 6.92 Å². The van der Waals surface area contributed by atoms with E-state index in [2.05, 4.69) is 15.4 Å². The quantitative estimate of drug-likeness (QED) is 0.607. The van der Waals surface area contributed by atoms with E-state index in [0.29, 0.717) is 36.0 Å². The van der Waals surface area contributed by atoms with E-state index in [0.717, 1.165) is 17.8 Å². The Morgan fingerprint density at radius 2 is 1.82 bits per heavy atom. The number of ether oxygens (including phenoxy) is 2. The predicted molar refractivity (Wildman–Crippen MR) is 114 cm³/mol. The van der Waals surface area contributed by atoms with Gasteiger partial charge in [-0.2, -0.15) is 18.3 Å². The van der Waals surface area contributed by atoms with Gasteiger partial charge in [0.15, 0.2) is 17.3 Å². The molecule has 1 aromatic carbocycles. The topological polar surface area (TPSA) is 78.3 Å². The smallest absolute Gasteiger partial charge is 0.417 e. The summed E-state index contributed by atoms with van der Waals surface area (Å²) in [6.07, 6.45) is -2.35. The van der Waals surface area contributed by atoms with Gasteiger partial charge >= 0.3 is 6.18 Å². The minimum Gasteiger partial charge on any atom is -0.486 e. The lowest BCUT2D eigenvalue weighted by Crippen LogP contribution is -2.32. The number of amides is 1. The maximum absolute atomic E-state index is 13.1. The van der Waals surface area contributed by atoms with Gasteiger partial charge in [-0.1, -0.05) is 19.9 Å². The van der Waals surface area contributed by atoms with Crippen LogP contribution in [0.4, 0.5) is 13.2 Å². The van der Waals surface area contributed by atoms with Crippen LogP contribution in [0.1, 0.15) is 47.1 Å². The molecule has 0 fully saturated rings. The van der Waals surface area contributed by atoms with Gasteiger partial charge in [0.25, 0.3) is 5.91 Å². The Hall–Kier alpha value is -3.56. The number of pyridine rings is 1. The fraction of sp³-hybridized carbons (Fsp3) is 0.348. The lowest BCUT2D eigenvalue weighted by molar-refractivity contribution is -0.137. The third-order valence-electron chi connectivity index (χ3n) is 5.43. The fourth-order valence-electron chi connectivity index (χ4n) is 3.65. The van der Waals surface area contributed by atoms with Crippen molar-refractivity contribution in [1.29, 1.82) is 0 Å². The molecule has 7 nitrogen and oxygen atoms in total. The minimum absolute atomic E-state index is 0.0726. The van der Waals surface area contributed by atoms with Gasteiger partial charge in [0.1, 0.15) is 13.2 Å². The van der Waals surface area contributed by atoms with Crippen molar-refractivity contribution >= 4 is 5.91 Å². The number of fused-ring (bicyclic) bond motifs is 1. The SMILES string of the molecule is Cc1c(C(=O)NC(c2ccc3c(c2)OCCO3)C(C)C)cnn1-c1ccc(C(F)(F)F)cn1. The van der Waals surface area contributed by atoms with Crippen molar-refractivity contribution < 1.29 is 27.4 Å². The summed E-state index contributed by atoms with van der Waals surface area (Å²) in [6.45, 7) is 6.60. The molecule has 1 amide bonds. The average molecular weight is 460 g/mol. The van der Waals surface area contributed by atoms with E-state index in [9.17, 15) is 18.0 Å². The maximum Gasteiger partial charge on any atom is 0.417 e. The molecule has 174 valence electrons. The van der Waals surface area contributed by atoms with Crippen molar-refractivity contribution in [3.8, 4) is 17.3 Å². The summed E-state index contributed by atoms with van der Waals surface area (Å²) in [5.74, 6) is 1.21. The number of nitrogens with one attached hydrogen (secondary N) is 1. The van der Waals surface area contributed by atoms with Crippen molar-refractivity contribution in [3.63, 3.8) is 0 Å². The molecule has 0 saturated heterocycles. The Kier molecular flexibility index (Phi) is 6.01. The molecule has 3 aromatic rings. The van der Waals surface area contributed by atoms with E-state index in [1.807, 2.05) is 32.0 Å². The highest BCUT2D eigenvalue weighted by Gasteiger charge is 2.31. The van der Waals surface area contributed by atoms with Crippen molar-refractivity contribution in [2.45, 2.75) is 33.0 Å². The summed E-state index contributed by atoms with van der Waals surface area (Å²) >= 11 is 0. The molecule has 0 spiro atoms. The fourth-order valence-corrected chi connectivity index (χ4v) is 3.65. The number of halogens is 3. The van der Waals surface area contributed by atoms with Gasteiger partial charge in [-0.3, -0.25) is 4.79 Å². The molecule has 33 heavy (non-hydrogen) atoms. The number of hydrogen-bond acceptors (Lipinski definition) is 5. The molecule has 1 unspecified atom stereocenters. The summed E-state index contributed by atoms with van der Waals surface area (Å²) in [7, 11) is 0. The van der Waals surface area contributed by atoms with E-state index >= 15 is 0 Å². The molecule has 1 aliphatic rings. The second-order valence-electron chi connectivity index (χ2n) is 8.06. The van der Waals surface area contributed by atoms with Crippen LogP contribution in [0.15, 0.2) is 42.7 Å². The second-order valence-corrected chi connectivity index (χ2v) is 8.06. The Morgan fingerprint density at radius 3 is 2.45 bits per heavy atom. The molecule has 4 rings (SSSR count). The third kappa shape index (κ3) is 4.64. The molecule has 0 aliphatic carbocycles. The molecular formula is C23H23F3N4O3. The Bertz CT molecular complexity index is 1160. The highest BCUT2D eigenvalue weighted by Crippen LogP contribution is 2.34. The Labute approximate surface area is 188 Å². The van der Waals surface area contributed by atoms with Crippen LogP contribution in [0.3, 0.4) is 0 Å². The van der Waals surface area contributed by atoms with Crippen LogP contribution in [0, 0.1) is 12.8 Å². The average Bonchev–Trinajstić information content (AvgIpc) is 3.17. The number of carbonyl (C=O) groups is 1. The largest absolute Gasteiger partial charge is 0.486 e. The molecule has 10 heteroatoms. The molecule has 0 saturated carbocycles. The molecule has 1 N–H and O–H groups in total. The van der Waals surface area contributed by atoms with Crippen LogP contribution < -0.4 is 14.8 Å². The van der Waals surface area contributed by atoms with Gasteiger partial charge < -0.3 is 14.8 Å². The number of alkyl halides is 3. The van der Waals surface area contributed by atoms with E-state index in [-0.39, 0.29) is 23.7 Å².